The van der Waals surface area contributed by atoms with Crippen LogP contribution in [-0.2, 0) is 16.8 Å². The second-order valence-electron chi connectivity index (χ2n) is 7.13. The van der Waals surface area contributed by atoms with E-state index in [4.69, 9.17) is 4.42 Å². The average molecular weight is 337 g/mol. The maximum absolute atomic E-state index is 11.7. The third-order valence-electron chi connectivity index (χ3n) is 3.57. The van der Waals surface area contributed by atoms with Gasteiger partial charge in [-0.25, -0.2) is 9.98 Å². The van der Waals surface area contributed by atoms with Crippen LogP contribution in [0.3, 0.4) is 0 Å². The van der Waals surface area contributed by atoms with Crippen molar-refractivity contribution in [3.05, 3.63) is 17.8 Å². The molecule has 1 amide bonds. The van der Waals surface area contributed by atoms with Crippen LogP contribution in [-0.4, -0.2) is 48.4 Å². The second kappa shape index (κ2) is 8.70. The molecule has 24 heavy (non-hydrogen) atoms. The zero-order valence-corrected chi connectivity index (χ0v) is 15.9. The third kappa shape index (κ3) is 6.60. The number of nitrogens with one attached hydrogen (secondary N) is 2. The van der Waals surface area contributed by atoms with Gasteiger partial charge in [0, 0.05) is 25.6 Å². The van der Waals surface area contributed by atoms with E-state index in [1.807, 2.05) is 0 Å². The van der Waals surface area contributed by atoms with E-state index in [2.05, 4.69) is 55.2 Å². The Morgan fingerprint density at radius 1 is 1.42 bits per heavy atom. The van der Waals surface area contributed by atoms with Gasteiger partial charge in [0.05, 0.1) is 12.7 Å². The van der Waals surface area contributed by atoms with Crippen LogP contribution in [0.2, 0.25) is 0 Å². The van der Waals surface area contributed by atoms with Crippen molar-refractivity contribution in [2.24, 2.45) is 4.99 Å². The second-order valence-corrected chi connectivity index (χ2v) is 7.13. The van der Waals surface area contributed by atoms with Gasteiger partial charge in [0.25, 0.3) is 0 Å². The van der Waals surface area contributed by atoms with Crippen molar-refractivity contribution in [3.63, 3.8) is 0 Å². The summed E-state index contributed by atoms with van der Waals surface area (Å²) >= 11 is 0. The highest BCUT2D eigenvalue weighted by Crippen LogP contribution is 2.22. The summed E-state index contributed by atoms with van der Waals surface area (Å²) in [5, 5.41) is 6.44. The Morgan fingerprint density at radius 3 is 2.58 bits per heavy atom. The van der Waals surface area contributed by atoms with Crippen LogP contribution in [0.1, 0.15) is 52.7 Å². The van der Waals surface area contributed by atoms with Gasteiger partial charge in [-0.2, -0.15) is 0 Å². The molecule has 0 fully saturated rings. The molecule has 0 aliphatic heterocycles. The van der Waals surface area contributed by atoms with Crippen molar-refractivity contribution < 1.29 is 9.21 Å². The average Bonchev–Trinajstić information content (AvgIpc) is 2.98. The van der Waals surface area contributed by atoms with Gasteiger partial charge in [-0.05, 0) is 13.3 Å². The molecule has 1 rings (SSSR count). The van der Waals surface area contributed by atoms with Crippen LogP contribution in [0.5, 0.6) is 0 Å². The first-order valence-corrected chi connectivity index (χ1v) is 8.33. The Kier molecular flexibility index (Phi) is 7.25. The maximum atomic E-state index is 11.7. The van der Waals surface area contributed by atoms with Crippen molar-refractivity contribution >= 4 is 11.9 Å². The molecular weight excluding hydrogens is 306 g/mol. The van der Waals surface area contributed by atoms with Crippen LogP contribution >= 0.6 is 0 Å². The highest BCUT2D eigenvalue weighted by Gasteiger charge is 2.19. The SMILES string of the molecule is CCC(C)NC(=NCC(=O)N(C)C)NCc1ncc(C(C)(C)C)o1. The Hall–Kier alpha value is -2.05. The summed E-state index contributed by atoms with van der Waals surface area (Å²) in [4.78, 5) is 21.9. The first kappa shape index (κ1) is 20.0. The monoisotopic (exact) mass is 337 g/mol. The molecule has 1 unspecified atom stereocenters. The summed E-state index contributed by atoms with van der Waals surface area (Å²) in [6, 6.07) is 0.250. The first-order valence-electron chi connectivity index (χ1n) is 8.33. The summed E-state index contributed by atoms with van der Waals surface area (Å²) in [6.45, 7) is 10.9. The van der Waals surface area contributed by atoms with Crippen LogP contribution in [0.25, 0.3) is 0 Å². The maximum Gasteiger partial charge on any atom is 0.243 e. The van der Waals surface area contributed by atoms with E-state index in [1.54, 1.807) is 20.3 Å². The molecule has 1 aromatic heterocycles. The fourth-order valence-electron chi connectivity index (χ4n) is 1.67. The van der Waals surface area contributed by atoms with Crippen molar-refractivity contribution in [3.8, 4) is 0 Å². The van der Waals surface area contributed by atoms with Gasteiger partial charge in [-0.1, -0.05) is 27.7 Å². The van der Waals surface area contributed by atoms with Crippen molar-refractivity contribution in [2.45, 2.75) is 59.0 Å². The Balaban J connectivity index is 2.72. The molecule has 1 heterocycles. The number of carbonyl (C=O) groups excluding carboxylic acids is 1. The minimum atomic E-state index is -0.0741. The zero-order chi connectivity index (χ0) is 18.3. The van der Waals surface area contributed by atoms with E-state index in [-0.39, 0.29) is 23.9 Å². The van der Waals surface area contributed by atoms with Crippen molar-refractivity contribution in [1.82, 2.24) is 20.5 Å². The van der Waals surface area contributed by atoms with Gasteiger partial charge in [-0.15, -0.1) is 0 Å². The van der Waals surface area contributed by atoms with Crippen LogP contribution in [0, 0.1) is 0 Å². The third-order valence-corrected chi connectivity index (χ3v) is 3.57. The normalized spacial score (nSPS) is 13.5. The Morgan fingerprint density at radius 2 is 2.08 bits per heavy atom. The minimum Gasteiger partial charge on any atom is -0.443 e. The number of nitrogens with zero attached hydrogens (tertiary/aromatic N) is 3. The molecule has 2 N–H and O–H groups in total. The molecule has 0 aliphatic rings. The molecule has 1 atom stereocenters. The standard InChI is InChI=1S/C17H31N5O2/c1-8-12(2)21-16(20-11-15(23)22(6)7)19-10-14-18-9-13(24-14)17(3,4)5/h9,12H,8,10-11H2,1-7H3,(H2,19,20,21). The highest BCUT2D eigenvalue weighted by molar-refractivity contribution is 5.84. The molecule has 0 spiro atoms. The molecule has 7 heteroatoms. The van der Waals surface area contributed by atoms with Crippen molar-refractivity contribution in [2.75, 3.05) is 20.6 Å². The lowest BCUT2D eigenvalue weighted by atomic mass is 9.94. The molecule has 136 valence electrons. The van der Waals surface area contributed by atoms with Gasteiger partial charge in [0.2, 0.25) is 11.8 Å². The topological polar surface area (TPSA) is 82.8 Å². The van der Waals surface area contributed by atoms with Gasteiger partial charge in [-0.3, -0.25) is 4.79 Å². The number of likely N-dealkylation sites (N-methyl/N-ethyl adjacent to an activating group) is 1. The molecule has 1 aromatic rings. The number of hydrogen-bond donors (Lipinski definition) is 2. The van der Waals surface area contributed by atoms with Gasteiger partial charge in [0.15, 0.2) is 5.96 Å². The van der Waals surface area contributed by atoms with E-state index in [1.165, 1.54) is 4.90 Å². The Bertz CT molecular complexity index is 558. The molecule has 0 radical (unpaired) electrons. The summed E-state index contributed by atoms with van der Waals surface area (Å²) in [7, 11) is 3.43. The number of rotatable bonds is 6. The highest BCUT2D eigenvalue weighted by atomic mass is 16.4. The summed E-state index contributed by atoms with van der Waals surface area (Å²) in [5.41, 5.74) is -0.0741. The molecule has 0 bridgehead atoms. The zero-order valence-electron chi connectivity index (χ0n) is 15.9. The number of guanidine groups is 1. The van der Waals surface area contributed by atoms with E-state index < -0.39 is 0 Å². The lowest BCUT2D eigenvalue weighted by molar-refractivity contribution is -0.127. The lowest BCUT2D eigenvalue weighted by Crippen LogP contribution is -2.42. The predicted octanol–water partition coefficient (Wildman–Crippen LogP) is 1.89. The first-order chi connectivity index (χ1) is 11.1. The fourth-order valence-corrected chi connectivity index (χ4v) is 1.67. The minimum absolute atomic E-state index is 0.0496. The number of hydrogen-bond acceptors (Lipinski definition) is 4. The smallest absolute Gasteiger partial charge is 0.243 e. The predicted molar refractivity (Wildman–Crippen MR) is 95.9 cm³/mol. The number of aromatic nitrogens is 1. The van der Waals surface area contributed by atoms with Crippen LogP contribution in [0.4, 0.5) is 0 Å². The summed E-state index contributed by atoms with van der Waals surface area (Å²) < 4.78 is 5.76. The Labute approximate surface area is 144 Å². The van der Waals surface area contributed by atoms with E-state index >= 15 is 0 Å². The van der Waals surface area contributed by atoms with Gasteiger partial charge >= 0.3 is 0 Å². The van der Waals surface area contributed by atoms with Crippen LogP contribution in [0.15, 0.2) is 15.6 Å². The number of aliphatic imine (C=N–C) groups is 1. The fraction of sp³-hybridized carbons (Fsp3) is 0.706. The molecule has 0 saturated heterocycles. The van der Waals surface area contributed by atoms with Crippen LogP contribution < -0.4 is 10.6 Å². The number of carbonyl (C=O) groups is 1. The molecular formula is C17H31N5O2. The summed E-state index contributed by atoms with van der Waals surface area (Å²) in [5.74, 6) is 1.97. The largest absolute Gasteiger partial charge is 0.443 e. The van der Waals surface area contributed by atoms with E-state index in [9.17, 15) is 4.79 Å². The number of oxazole rings is 1. The van der Waals surface area contributed by atoms with Crippen molar-refractivity contribution in [1.29, 1.82) is 0 Å². The van der Waals surface area contributed by atoms with E-state index in [0.717, 1.165) is 12.2 Å². The van der Waals surface area contributed by atoms with E-state index in [0.29, 0.717) is 18.4 Å². The van der Waals surface area contributed by atoms with Gasteiger partial charge in [0.1, 0.15) is 12.3 Å². The molecule has 0 saturated carbocycles. The number of amides is 1. The molecule has 7 nitrogen and oxygen atoms in total. The quantitative estimate of drug-likeness (QED) is 0.612. The lowest BCUT2D eigenvalue weighted by Gasteiger charge is -2.17. The molecule has 0 aromatic carbocycles. The van der Waals surface area contributed by atoms with Gasteiger partial charge < -0.3 is 20.0 Å². The molecule has 0 aliphatic carbocycles. The summed E-state index contributed by atoms with van der Waals surface area (Å²) in [6.07, 6.45) is 2.71.